The Labute approximate surface area is 181 Å². The molecule has 1 N–H and O–H groups in total. The van der Waals surface area contributed by atoms with Gasteiger partial charge in [-0.1, -0.05) is 5.16 Å². The average molecular weight is 459 g/mol. The van der Waals surface area contributed by atoms with E-state index in [9.17, 15) is 18.0 Å². The maximum Gasteiger partial charge on any atom is 0.490 e. The lowest BCUT2D eigenvalue weighted by Crippen LogP contribution is -2.31. The topological polar surface area (TPSA) is 86.9 Å². The number of carboxylic acid groups (broad SMARTS) is 1. The van der Waals surface area contributed by atoms with E-state index in [1.807, 2.05) is 18.7 Å². The van der Waals surface area contributed by atoms with Crippen LogP contribution in [-0.4, -0.2) is 52.9 Å². The van der Waals surface area contributed by atoms with E-state index in [4.69, 9.17) is 14.4 Å². The first-order chi connectivity index (χ1) is 14.4. The van der Waals surface area contributed by atoms with Crippen molar-refractivity contribution in [2.24, 2.45) is 5.41 Å². The maximum absolute atomic E-state index is 12.6. The molecule has 2 fully saturated rings. The number of carboxylic acids is 1. The van der Waals surface area contributed by atoms with Gasteiger partial charge in [0.15, 0.2) is 0 Å². The number of carbonyl (C=O) groups excluding carboxylic acids is 1. The zero-order valence-corrected chi connectivity index (χ0v) is 18.3. The number of carbonyl (C=O) groups is 2. The minimum atomic E-state index is -5.08. The minimum absolute atomic E-state index is 0.105. The van der Waals surface area contributed by atoms with E-state index in [1.165, 1.54) is 10.4 Å². The van der Waals surface area contributed by atoms with E-state index in [-0.39, 0.29) is 11.3 Å². The number of rotatable bonds is 3. The summed E-state index contributed by atoms with van der Waals surface area (Å²) in [6, 6.07) is 4.17. The van der Waals surface area contributed by atoms with E-state index in [1.54, 1.807) is 11.3 Å². The number of nitrogens with zero attached hydrogens (tertiary/aromatic N) is 3. The highest BCUT2D eigenvalue weighted by atomic mass is 32.1. The van der Waals surface area contributed by atoms with Gasteiger partial charge in [0.05, 0.1) is 10.7 Å². The number of aromatic nitrogens is 1. The third-order valence-corrected chi connectivity index (χ3v) is 6.66. The van der Waals surface area contributed by atoms with Gasteiger partial charge in [-0.05, 0) is 45.9 Å². The number of alkyl halides is 3. The summed E-state index contributed by atoms with van der Waals surface area (Å²) >= 11 is 1.71. The van der Waals surface area contributed by atoms with Crippen molar-refractivity contribution in [3.05, 3.63) is 34.0 Å². The molecule has 2 aliphatic heterocycles. The van der Waals surface area contributed by atoms with Crippen molar-refractivity contribution in [1.29, 1.82) is 0 Å². The monoisotopic (exact) mass is 459 g/mol. The first-order valence-electron chi connectivity index (χ1n) is 9.71. The number of thiophene rings is 1. The zero-order valence-electron chi connectivity index (χ0n) is 17.5. The van der Waals surface area contributed by atoms with Gasteiger partial charge in [0, 0.05) is 41.9 Å². The highest BCUT2D eigenvalue weighted by Crippen LogP contribution is 2.43. The van der Waals surface area contributed by atoms with Crippen molar-refractivity contribution in [1.82, 2.24) is 10.1 Å². The molecule has 2 aliphatic rings. The summed E-state index contributed by atoms with van der Waals surface area (Å²) in [4.78, 5) is 27.2. The van der Waals surface area contributed by atoms with E-state index in [0.29, 0.717) is 6.42 Å². The Kier molecular flexibility index (Phi) is 6.47. The van der Waals surface area contributed by atoms with Gasteiger partial charge in [-0.15, -0.1) is 11.3 Å². The predicted octanol–water partition coefficient (Wildman–Crippen LogP) is 3.92. The molecule has 4 heterocycles. The van der Waals surface area contributed by atoms with Crippen LogP contribution in [0.3, 0.4) is 0 Å². The Morgan fingerprint density at radius 1 is 1.29 bits per heavy atom. The second-order valence-corrected chi connectivity index (χ2v) is 9.37. The number of aryl methyl sites for hydroxylation is 3. The molecule has 2 saturated heterocycles. The molecule has 31 heavy (non-hydrogen) atoms. The van der Waals surface area contributed by atoms with Crippen LogP contribution in [0.5, 0.6) is 0 Å². The van der Waals surface area contributed by atoms with Crippen molar-refractivity contribution < 1.29 is 32.4 Å². The molecule has 0 radical (unpaired) electrons. The Morgan fingerprint density at radius 3 is 2.48 bits per heavy atom. The summed E-state index contributed by atoms with van der Waals surface area (Å²) in [5.74, 6) is -1.57. The van der Waals surface area contributed by atoms with Crippen molar-refractivity contribution in [3.63, 3.8) is 0 Å². The fourth-order valence-electron chi connectivity index (χ4n) is 4.05. The lowest BCUT2D eigenvalue weighted by atomic mass is 9.86. The fraction of sp³-hybridized carbons (Fsp3) is 0.550. The van der Waals surface area contributed by atoms with Gasteiger partial charge in [0.2, 0.25) is 5.91 Å². The molecule has 0 bridgehead atoms. The molecule has 11 heteroatoms. The Morgan fingerprint density at radius 2 is 1.97 bits per heavy atom. The molecular weight excluding hydrogens is 435 g/mol. The third-order valence-electron chi connectivity index (χ3n) is 5.64. The van der Waals surface area contributed by atoms with Crippen molar-refractivity contribution in [2.45, 2.75) is 46.3 Å². The molecule has 1 spiro atoms. The molecule has 1 atom stereocenters. The quantitative estimate of drug-likeness (QED) is 0.749. The molecule has 2 aromatic rings. The number of amides is 1. The summed E-state index contributed by atoms with van der Waals surface area (Å²) in [7, 11) is 0. The number of likely N-dealkylation sites (tertiary alicyclic amines) is 1. The van der Waals surface area contributed by atoms with Crippen molar-refractivity contribution in [2.75, 3.05) is 24.5 Å². The first kappa shape index (κ1) is 23.3. The number of hydrogen-bond donors (Lipinski definition) is 1. The predicted molar refractivity (Wildman–Crippen MR) is 108 cm³/mol. The van der Waals surface area contributed by atoms with Crippen LogP contribution in [0, 0.1) is 26.2 Å². The lowest BCUT2D eigenvalue weighted by molar-refractivity contribution is -0.192. The second-order valence-electron chi connectivity index (χ2n) is 8.11. The standard InChI is InChI=1S/C18H23N3O2S.C2HF3O2/c1-12-4-5-17(24-12)21-11-18(8-16(21)22)6-7-20(10-18)9-15-13(2)19-23-14(15)3;3-2(4,5)1(6)7/h4-5H,6-11H2,1-3H3;(H,6,7). The molecule has 170 valence electrons. The van der Waals surface area contributed by atoms with Crippen LogP contribution in [0.25, 0.3) is 0 Å². The van der Waals surface area contributed by atoms with Crippen LogP contribution in [0.2, 0.25) is 0 Å². The molecule has 0 aliphatic carbocycles. The van der Waals surface area contributed by atoms with E-state index in [0.717, 1.165) is 49.1 Å². The van der Waals surface area contributed by atoms with Crippen LogP contribution in [-0.2, 0) is 16.1 Å². The summed E-state index contributed by atoms with van der Waals surface area (Å²) in [6.07, 6.45) is -3.33. The second kappa shape index (κ2) is 8.62. The van der Waals surface area contributed by atoms with Gasteiger partial charge in [0.25, 0.3) is 0 Å². The molecule has 0 aromatic carbocycles. The van der Waals surface area contributed by atoms with Gasteiger partial charge in [-0.3, -0.25) is 9.69 Å². The SMILES string of the molecule is Cc1ccc(N2CC3(CCN(Cc4c(C)noc4C)C3)CC2=O)s1.O=C(O)C(F)(F)F. The molecule has 0 saturated carbocycles. The number of halogens is 3. The Hall–Kier alpha value is -2.40. The van der Waals surface area contributed by atoms with Crippen LogP contribution in [0.1, 0.15) is 34.7 Å². The van der Waals surface area contributed by atoms with Gasteiger partial charge >= 0.3 is 12.1 Å². The molecule has 7 nitrogen and oxygen atoms in total. The van der Waals surface area contributed by atoms with Crippen LogP contribution < -0.4 is 4.90 Å². The number of aliphatic carboxylic acids is 1. The molecular formula is C20H24F3N3O4S. The van der Waals surface area contributed by atoms with Gasteiger partial charge in [-0.25, -0.2) is 4.79 Å². The summed E-state index contributed by atoms with van der Waals surface area (Å²) < 4.78 is 37.0. The summed E-state index contributed by atoms with van der Waals surface area (Å²) in [6.45, 7) is 9.79. The molecule has 2 aromatic heterocycles. The normalized spacial score (nSPS) is 21.6. The first-order valence-corrected chi connectivity index (χ1v) is 10.5. The van der Waals surface area contributed by atoms with E-state index < -0.39 is 12.1 Å². The molecule has 1 unspecified atom stereocenters. The van der Waals surface area contributed by atoms with E-state index >= 15 is 0 Å². The third kappa shape index (κ3) is 5.27. The van der Waals surface area contributed by atoms with Crippen molar-refractivity contribution in [3.8, 4) is 0 Å². The molecule has 4 rings (SSSR count). The van der Waals surface area contributed by atoms with Gasteiger partial charge < -0.3 is 14.5 Å². The number of anilines is 1. The van der Waals surface area contributed by atoms with Crippen LogP contribution >= 0.6 is 11.3 Å². The Bertz CT molecular complexity index is 952. The number of hydrogen-bond acceptors (Lipinski definition) is 6. The maximum atomic E-state index is 12.6. The van der Waals surface area contributed by atoms with Gasteiger partial charge in [0.1, 0.15) is 5.76 Å². The Balaban J connectivity index is 0.000000339. The van der Waals surface area contributed by atoms with Crippen LogP contribution in [0.4, 0.5) is 18.2 Å². The summed E-state index contributed by atoms with van der Waals surface area (Å²) in [5.41, 5.74) is 2.28. The lowest BCUT2D eigenvalue weighted by Gasteiger charge is -2.23. The minimum Gasteiger partial charge on any atom is -0.475 e. The zero-order chi connectivity index (χ0) is 23.0. The largest absolute Gasteiger partial charge is 0.490 e. The van der Waals surface area contributed by atoms with Crippen LogP contribution in [0.15, 0.2) is 16.7 Å². The van der Waals surface area contributed by atoms with Gasteiger partial charge in [-0.2, -0.15) is 13.2 Å². The average Bonchev–Trinajstić information content (AvgIpc) is 3.41. The summed E-state index contributed by atoms with van der Waals surface area (Å²) in [5, 5.41) is 12.3. The van der Waals surface area contributed by atoms with E-state index in [2.05, 4.69) is 29.1 Å². The molecule has 1 amide bonds. The highest BCUT2D eigenvalue weighted by molar-refractivity contribution is 7.16. The van der Waals surface area contributed by atoms with Crippen molar-refractivity contribution >= 4 is 28.2 Å². The fourth-order valence-corrected chi connectivity index (χ4v) is 4.93. The smallest absolute Gasteiger partial charge is 0.475 e. The highest BCUT2D eigenvalue weighted by Gasteiger charge is 2.48.